The van der Waals surface area contributed by atoms with Gasteiger partial charge in [0, 0.05) is 12.0 Å². The second-order valence-corrected chi connectivity index (χ2v) is 8.64. The van der Waals surface area contributed by atoms with Crippen LogP contribution < -0.4 is 16.0 Å². The molecular weight excluding hydrogens is 446 g/mol. The normalized spacial score (nSPS) is 15.6. The Morgan fingerprint density at radius 3 is 2.79 bits per heavy atom. The van der Waals surface area contributed by atoms with E-state index < -0.39 is 12.0 Å². The third kappa shape index (κ3) is 4.87. The lowest BCUT2D eigenvalue weighted by atomic mass is 10.0. The molecule has 1 aliphatic heterocycles. The number of aryl methyl sites for hydroxylation is 2. The van der Waals surface area contributed by atoms with Gasteiger partial charge in [0.2, 0.25) is 11.8 Å². The van der Waals surface area contributed by atoms with E-state index in [1.54, 1.807) is 6.07 Å². The Morgan fingerprint density at radius 2 is 2.09 bits per heavy atom. The molecule has 1 aromatic carbocycles. The number of benzene rings is 1. The monoisotopic (exact) mass is 469 g/mol. The van der Waals surface area contributed by atoms with E-state index in [1.807, 2.05) is 26.0 Å². The minimum atomic E-state index is -0.604. The first-order valence-corrected chi connectivity index (χ1v) is 11.2. The molecule has 0 aliphatic carbocycles. The van der Waals surface area contributed by atoms with Gasteiger partial charge in [-0.15, -0.1) is 0 Å². The van der Waals surface area contributed by atoms with Crippen molar-refractivity contribution in [3.05, 3.63) is 40.7 Å². The Bertz CT molecular complexity index is 1200. The number of esters is 1. The van der Waals surface area contributed by atoms with Crippen molar-refractivity contribution in [1.29, 1.82) is 0 Å². The number of ether oxygens (including phenoxy) is 1. The van der Waals surface area contributed by atoms with Crippen molar-refractivity contribution in [1.82, 2.24) is 15.5 Å². The first-order valence-electron chi connectivity index (χ1n) is 10.3. The van der Waals surface area contributed by atoms with Crippen LogP contribution in [0.15, 0.2) is 28.9 Å². The summed E-state index contributed by atoms with van der Waals surface area (Å²) >= 11 is 1.13. The molecule has 2 amide bonds. The second-order valence-electron chi connectivity index (χ2n) is 7.61. The fourth-order valence-corrected chi connectivity index (χ4v) is 4.42. The van der Waals surface area contributed by atoms with Gasteiger partial charge in [0.15, 0.2) is 5.13 Å². The summed E-state index contributed by atoms with van der Waals surface area (Å²) in [6, 6.07) is 4.89. The van der Waals surface area contributed by atoms with Gasteiger partial charge in [-0.05, 0) is 44.4 Å². The molecule has 1 fully saturated rings. The van der Waals surface area contributed by atoms with Crippen molar-refractivity contribution in [2.45, 2.75) is 39.2 Å². The number of anilines is 3. The Labute approximate surface area is 193 Å². The first-order chi connectivity index (χ1) is 15.9. The molecule has 1 saturated heterocycles. The fourth-order valence-electron chi connectivity index (χ4n) is 3.67. The Kier molecular flexibility index (Phi) is 6.40. The largest absolute Gasteiger partial charge is 0.465 e. The lowest BCUT2D eigenvalue weighted by molar-refractivity contribution is -0.128. The van der Waals surface area contributed by atoms with Crippen LogP contribution in [0.1, 0.15) is 40.4 Å². The molecule has 3 N–H and O–H groups in total. The van der Waals surface area contributed by atoms with Gasteiger partial charge in [-0.2, -0.15) is 0 Å². The zero-order valence-electron chi connectivity index (χ0n) is 18.4. The van der Waals surface area contributed by atoms with Gasteiger partial charge in [0.1, 0.15) is 16.7 Å². The minimum absolute atomic E-state index is 0.137. The zero-order chi connectivity index (χ0) is 23.5. The average molecular weight is 470 g/mol. The van der Waals surface area contributed by atoms with Crippen LogP contribution in [0, 0.1) is 13.8 Å². The van der Waals surface area contributed by atoms with Gasteiger partial charge in [-0.25, -0.2) is 9.78 Å². The number of rotatable bonds is 6. The third-order valence-electron chi connectivity index (χ3n) is 5.28. The topological polar surface area (TPSA) is 135 Å². The quantitative estimate of drug-likeness (QED) is 0.467. The molecule has 11 heteroatoms. The number of carbonyl (C=O) groups is 3. The summed E-state index contributed by atoms with van der Waals surface area (Å²) in [5.74, 6) is -0.262. The highest BCUT2D eigenvalue weighted by molar-refractivity contribution is 7.17. The van der Waals surface area contributed by atoms with Gasteiger partial charge in [-0.3, -0.25) is 9.59 Å². The van der Waals surface area contributed by atoms with Crippen LogP contribution in [0.4, 0.5) is 16.5 Å². The highest BCUT2D eigenvalue weighted by Crippen LogP contribution is 2.35. The lowest BCUT2D eigenvalue weighted by Crippen LogP contribution is -2.46. The summed E-state index contributed by atoms with van der Waals surface area (Å²) in [4.78, 5) is 41.0. The average Bonchev–Trinajstić information content (AvgIpc) is 3.40. The maximum absolute atomic E-state index is 12.9. The maximum atomic E-state index is 12.9. The second kappa shape index (κ2) is 9.41. The number of methoxy groups -OCH3 is 1. The summed E-state index contributed by atoms with van der Waals surface area (Å²) in [6.07, 6.45) is 3.07. The summed E-state index contributed by atoms with van der Waals surface area (Å²) < 4.78 is 10.0. The van der Waals surface area contributed by atoms with Crippen LogP contribution >= 0.6 is 11.3 Å². The molecule has 33 heavy (non-hydrogen) atoms. The summed E-state index contributed by atoms with van der Waals surface area (Å²) in [5.41, 5.74) is 3.45. The van der Waals surface area contributed by atoms with Crippen molar-refractivity contribution >= 4 is 45.6 Å². The minimum Gasteiger partial charge on any atom is -0.465 e. The smallest absolute Gasteiger partial charge is 0.349 e. The predicted octanol–water partition coefficient (Wildman–Crippen LogP) is 3.55. The van der Waals surface area contributed by atoms with Crippen LogP contribution in [0.5, 0.6) is 0 Å². The van der Waals surface area contributed by atoms with E-state index in [0.717, 1.165) is 28.2 Å². The molecule has 1 atom stereocenters. The molecule has 10 nitrogen and oxygen atoms in total. The Balaban J connectivity index is 1.66. The Hall–Kier alpha value is -3.73. The van der Waals surface area contributed by atoms with Crippen molar-refractivity contribution in [3.63, 3.8) is 0 Å². The number of thiazole rings is 1. The predicted molar refractivity (Wildman–Crippen MR) is 123 cm³/mol. The van der Waals surface area contributed by atoms with Crippen LogP contribution in [-0.2, 0) is 14.3 Å². The molecule has 2 aromatic heterocycles. The molecule has 3 aromatic rings. The van der Waals surface area contributed by atoms with Crippen LogP contribution in [0.3, 0.4) is 0 Å². The molecule has 0 spiro atoms. The van der Waals surface area contributed by atoms with Gasteiger partial charge < -0.3 is 25.2 Å². The third-order valence-corrected chi connectivity index (χ3v) is 6.17. The number of amides is 2. The van der Waals surface area contributed by atoms with E-state index in [0.29, 0.717) is 46.4 Å². The molecular formula is C22H23N5O5S. The van der Waals surface area contributed by atoms with E-state index in [2.05, 4.69) is 26.1 Å². The number of nitrogens with one attached hydrogen (secondary N) is 3. The first kappa shape index (κ1) is 22.5. The molecule has 1 aliphatic rings. The van der Waals surface area contributed by atoms with Gasteiger partial charge in [0.05, 0.1) is 30.4 Å². The SMILES string of the molecule is COC(=O)c1cnc(Nc2ccc(-c3c(C)noc3C)cc2NC(=O)[C@H]2CCCC(=O)N2)s1. The number of nitrogens with zero attached hydrogens (tertiary/aromatic N) is 2. The molecule has 3 heterocycles. The highest BCUT2D eigenvalue weighted by atomic mass is 32.1. The molecule has 172 valence electrons. The number of hydrogen-bond acceptors (Lipinski definition) is 9. The number of hydrogen-bond donors (Lipinski definition) is 3. The van der Waals surface area contributed by atoms with E-state index in [4.69, 9.17) is 9.26 Å². The molecule has 0 bridgehead atoms. The van der Waals surface area contributed by atoms with E-state index >= 15 is 0 Å². The fraction of sp³-hybridized carbons (Fsp3) is 0.318. The van der Waals surface area contributed by atoms with Crippen LogP contribution in [-0.4, -0.2) is 41.1 Å². The van der Waals surface area contributed by atoms with E-state index in [-0.39, 0.29) is 11.8 Å². The van der Waals surface area contributed by atoms with Crippen molar-refractivity contribution < 1.29 is 23.6 Å². The van der Waals surface area contributed by atoms with E-state index in [9.17, 15) is 14.4 Å². The molecule has 0 saturated carbocycles. The maximum Gasteiger partial charge on any atom is 0.349 e. The van der Waals surface area contributed by atoms with Crippen LogP contribution in [0.25, 0.3) is 11.1 Å². The summed E-state index contributed by atoms with van der Waals surface area (Å²) in [6.45, 7) is 3.67. The van der Waals surface area contributed by atoms with Crippen molar-refractivity contribution in [3.8, 4) is 11.1 Å². The lowest BCUT2D eigenvalue weighted by Gasteiger charge is -2.23. The van der Waals surface area contributed by atoms with Crippen LogP contribution in [0.2, 0.25) is 0 Å². The van der Waals surface area contributed by atoms with Crippen molar-refractivity contribution in [2.75, 3.05) is 17.7 Å². The number of piperidine rings is 1. The molecule has 0 radical (unpaired) electrons. The standard InChI is InChI=1S/C22H23N5O5S/c1-11-19(12(2)32-27-11)13-7-8-14(26-22-23-10-17(33-22)21(30)31-3)16(9-13)25-20(29)15-5-4-6-18(28)24-15/h7-10,15H,4-6H2,1-3H3,(H,23,26)(H,24,28)(H,25,29)/t15-/m1/s1. The number of aromatic nitrogens is 2. The number of carbonyl (C=O) groups excluding carboxylic acids is 3. The van der Waals surface area contributed by atoms with E-state index in [1.165, 1.54) is 13.3 Å². The molecule has 4 rings (SSSR count). The van der Waals surface area contributed by atoms with Gasteiger partial charge >= 0.3 is 5.97 Å². The van der Waals surface area contributed by atoms with Gasteiger partial charge in [0.25, 0.3) is 0 Å². The van der Waals surface area contributed by atoms with Crippen molar-refractivity contribution in [2.24, 2.45) is 0 Å². The zero-order valence-corrected chi connectivity index (χ0v) is 19.2. The summed E-state index contributed by atoms with van der Waals surface area (Å²) in [7, 11) is 1.31. The van der Waals surface area contributed by atoms with Gasteiger partial charge in [-0.1, -0.05) is 22.6 Å². The highest BCUT2D eigenvalue weighted by Gasteiger charge is 2.26. The Morgan fingerprint density at radius 1 is 1.27 bits per heavy atom. The molecule has 0 unspecified atom stereocenters. The summed E-state index contributed by atoms with van der Waals surface area (Å²) in [5, 5.41) is 13.3.